The van der Waals surface area contributed by atoms with Crippen molar-refractivity contribution in [1.29, 1.82) is 0 Å². The summed E-state index contributed by atoms with van der Waals surface area (Å²) in [7, 11) is 1.65. The molecule has 0 aliphatic heterocycles. The van der Waals surface area contributed by atoms with E-state index < -0.39 is 0 Å². The molecule has 1 aromatic rings. The highest BCUT2D eigenvalue weighted by Gasteiger charge is 2.15. The maximum Gasteiger partial charge on any atom is 0.317 e. The molecule has 0 bridgehead atoms. The topological polar surface area (TPSA) is 61.8 Å². The van der Waals surface area contributed by atoms with Crippen molar-refractivity contribution in [2.45, 2.75) is 26.0 Å². The molecule has 1 rings (SSSR count). The molecule has 0 aliphatic carbocycles. The van der Waals surface area contributed by atoms with Gasteiger partial charge in [-0.25, -0.2) is 4.79 Å². The molecule has 0 saturated heterocycles. The molecule has 0 aliphatic rings. The van der Waals surface area contributed by atoms with Crippen molar-refractivity contribution < 1.29 is 14.6 Å². The molecule has 0 spiro atoms. The molecule has 20 heavy (non-hydrogen) atoms. The normalized spacial score (nSPS) is 13.4. The minimum Gasteiger partial charge on any atom is -0.488 e. The molecule has 2 atom stereocenters. The Morgan fingerprint density at radius 3 is 2.70 bits per heavy atom. The average Bonchev–Trinajstić information content (AvgIpc) is 2.45. The van der Waals surface area contributed by atoms with Crippen molar-refractivity contribution in [3.63, 3.8) is 0 Å². The number of aliphatic hydroxyl groups excluding tert-OH is 1. The van der Waals surface area contributed by atoms with E-state index in [1.54, 1.807) is 14.0 Å². The Balaban J connectivity index is 2.42. The summed E-state index contributed by atoms with van der Waals surface area (Å²) in [6.45, 7) is 3.99. The Morgan fingerprint density at radius 1 is 1.45 bits per heavy atom. The number of benzene rings is 1. The van der Waals surface area contributed by atoms with Crippen LogP contribution in [0.4, 0.5) is 4.79 Å². The SMILES string of the molecule is CC(CNC(=O)N(C)C(C)CO)Oc1ccccc1Br. The van der Waals surface area contributed by atoms with Gasteiger partial charge in [0.05, 0.1) is 23.7 Å². The number of likely N-dealkylation sites (N-methyl/N-ethyl adjacent to an activating group) is 1. The fourth-order valence-electron chi connectivity index (χ4n) is 1.48. The molecule has 0 heterocycles. The van der Waals surface area contributed by atoms with E-state index in [0.29, 0.717) is 6.54 Å². The van der Waals surface area contributed by atoms with Crippen molar-refractivity contribution in [2.75, 3.05) is 20.2 Å². The van der Waals surface area contributed by atoms with Gasteiger partial charge in [0, 0.05) is 7.05 Å². The summed E-state index contributed by atoms with van der Waals surface area (Å²) in [4.78, 5) is 13.3. The van der Waals surface area contributed by atoms with Gasteiger partial charge in [-0.05, 0) is 41.9 Å². The number of ether oxygens (including phenoxy) is 1. The first-order valence-electron chi connectivity index (χ1n) is 6.48. The number of carbonyl (C=O) groups excluding carboxylic acids is 1. The van der Waals surface area contributed by atoms with Crippen LogP contribution in [0.2, 0.25) is 0 Å². The molecule has 2 amide bonds. The zero-order chi connectivity index (χ0) is 15.1. The minimum absolute atomic E-state index is 0.0626. The lowest BCUT2D eigenvalue weighted by molar-refractivity contribution is 0.151. The first-order valence-corrected chi connectivity index (χ1v) is 7.27. The smallest absolute Gasteiger partial charge is 0.317 e. The average molecular weight is 345 g/mol. The minimum atomic E-state index is -0.228. The fraction of sp³-hybridized carbons (Fsp3) is 0.500. The van der Waals surface area contributed by atoms with Crippen LogP contribution in [0.5, 0.6) is 5.75 Å². The van der Waals surface area contributed by atoms with Gasteiger partial charge in [0.25, 0.3) is 0 Å². The van der Waals surface area contributed by atoms with Gasteiger partial charge in [0.15, 0.2) is 0 Å². The van der Waals surface area contributed by atoms with Gasteiger partial charge in [0.2, 0.25) is 0 Å². The molecule has 5 nitrogen and oxygen atoms in total. The summed E-state index contributed by atoms with van der Waals surface area (Å²) in [6, 6.07) is 7.12. The van der Waals surface area contributed by atoms with E-state index in [1.165, 1.54) is 4.90 Å². The molecular formula is C14H21BrN2O3. The first-order chi connectivity index (χ1) is 9.45. The summed E-state index contributed by atoms with van der Waals surface area (Å²) in [6.07, 6.45) is -0.157. The number of para-hydroxylation sites is 1. The van der Waals surface area contributed by atoms with Gasteiger partial charge in [-0.15, -0.1) is 0 Å². The van der Waals surface area contributed by atoms with Crippen LogP contribution in [0.15, 0.2) is 28.7 Å². The predicted molar refractivity (Wildman–Crippen MR) is 81.9 cm³/mol. The van der Waals surface area contributed by atoms with Crippen molar-refractivity contribution in [1.82, 2.24) is 10.2 Å². The van der Waals surface area contributed by atoms with Crippen LogP contribution in [-0.4, -0.2) is 48.4 Å². The van der Waals surface area contributed by atoms with E-state index in [1.807, 2.05) is 31.2 Å². The molecule has 2 N–H and O–H groups in total. The quantitative estimate of drug-likeness (QED) is 0.831. The Morgan fingerprint density at radius 2 is 2.10 bits per heavy atom. The van der Waals surface area contributed by atoms with Gasteiger partial charge >= 0.3 is 6.03 Å². The van der Waals surface area contributed by atoms with Crippen LogP contribution in [0.3, 0.4) is 0 Å². The maximum absolute atomic E-state index is 11.8. The number of urea groups is 1. The zero-order valence-corrected chi connectivity index (χ0v) is 13.6. The van der Waals surface area contributed by atoms with Gasteiger partial charge in [-0.1, -0.05) is 12.1 Å². The number of rotatable bonds is 6. The van der Waals surface area contributed by atoms with Crippen molar-refractivity contribution in [2.24, 2.45) is 0 Å². The van der Waals surface area contributed by atoms with Crippen LogP contribution in [0, 0.1) is 0 Å². The number of nitrogens with one attached hydrogen (secondary N) is 1. The molecule has 6 heteroatoms. The van der Waals surface area contributed by atoms with Gasteiger partial charge < -0.3 is 20.1 Å². The second-order valence-electron chi connectivity index (χ2n) is 4.69. The number of hydrogen-bond acceptors (Lipinski definition) is 3. The Kier molecular flexibility index (Phi) is 6.81. The molecule has 1 aromatic carbocycles. The molecule has 0 aromatic heterocycles. The van der Waals surface area contributed by atoms with E-state index in [-0.39, 0.29) is 24.8 Å². The summed E-state index contributed by atoms with van der Waals surface area (Å²) in [5.41, 5.74) is 0. The number of amides is 2. The highest BCUT2D eigenvalue weighted by molar-refractivity contribution is 9.10. The van der Waals surface area contributed by atoms with Crippen molar-refractivity contribution >= 4 is 22.0 Å². The first kappa shape index (κ1) is 16.8. The lowest BCUT2D eigenvalue weighted by atomic mass is 10.3. The van der Waals surface area contributed by atoms with Gasteiger partial charge in [-0.2, -0.15) is 0 Å². The van der Waals surface area contributed by atoms with E-state index in [9.17, 15) is 4.79 Å². The summed E-state index contributed by atoms with van der Waals surface area (Å²) >= 11 is 3.41. The molecule has 0 saturated carbocycles. The van der Waals surface area contributed by atoms with Crippen LogP contribution in [0.25, 0.3) is 0 Å². The summed E-state index contributed by atoms with van der Waals surface area (Å²) in [5.74, 6) is 0.742. The van der Waals surface area contributed by atoms with E-state index in [2.05, 4.69) is 21.2 Å². The van der Waals surface area contributed by atoms with Crippen LogP contribution in [-0.2, 0) is 0 Å². The molecule has 0 fully saturated rings. The Bertz CT molecular complexity index is 442. The monoisotopic (exact) mass is 344 g/mol. The van der Waals surface area contributed by atoms with E-state index >= 15 is 0 Å². The van der Waals surface area contributed by atoms with Gasteiger partial charge in [0.1, 0.15) is 11.9 Å². The number of nitrogens with zero attached hydrogens (tertiary/aromatic N) is 1. The molecule has 2 unspecified atom stereocenters. The highest BCUT2D eigenvalue weighted by Crippen LogP contribution is 2.24. The lowest BCUT2D eigenvalue weighted by Crippen LogP contribution is -2.46. The lowest BCUT2D eigenvalue weighted by Gasteiger charge is -2.24. The largest absolute Gasteiger partial charge is 0.488 e. The number of aliphatic hydroxyl groups is 1. The van der Waals surface area contributed by atoms with Crippen LogP contribution in [0.1, 0.15) is 13.8 Å². The Hall–Kier alpha value is -1.27. The molecule has 0 radical (unpaired) electrons. The van der Waals surface area contributed by atoms with Gasteiger partial charge in [-0.3, -0.25) is 0 Å². The second kappa shape index (κ2) is 8.11. The standard InChI is InChI=1S/C14H21BrN2O3/c1-10(9-18)17(3)14(19)16-8-11(2)20-13-7-5-4-6-12(13)15/h4-7,10-11,18H,8-9H2,1-3H3,(H,16,19). The Labute approximate surface area is 128 Å². The summed E-state index contributed by atoms with van der Waals surface area (Å²) in [5, 5.41) is 11.8. The molecule has 112 valence electrons. The third kappa shape index (κ3) is 5.02. The van der Waals surface area contributed by atoms with Crippen LogP contribution < -0.4 is 10.1 Å². The van der Waals surface area contributed by atoms with E-state index in [4.69, 9.17) is 9.84 Å². The summed E-state index contributed by atoms with van der Waals surface area (Å²) < 4.78 is 6.61. The van der Waals surface area contributed by atoms with E-state index in [0.717, 1.165) is 10.2 Å². The molecular weight excluding hydrogens is 324 g/mol. The number of carbonyl (C=O) groups is 1. The van der Waals surface area contributed by atoms with Crippen molar-refractivity contribution in [3.05, 3.63) is 28.7 Å². The third-order valence-corrected chi connectivity index (χ3v) is 3.61. The zero-order valence-electron chi connectivity index (χ0n) is 12.0. The van der Waals surface area contributed by atoms with Crippen molar-refractivity contribution in [3.8, 4) is 5.75 Å². The number of hydrogen-bond donors (Lipinski definition) is 2. The fourth-order valence-corrected chi connectivity index (χ4v) is 1.86. The third-order valence-electron chi connectivity index (χ3n) is 2.95. The number of halogens is 1. The second-order valence-corrected chi connectivity index (χ2v) is 5.54. The van der Waals surface area contributed by atoms with Crippen LogP contribution >= 0.6 is 15.9 Å². The predicted octanol–water partition coefficient (Wildman–Crippen LogP) is 2.24. The maximum atomic E-state index is 11.8. The highest BCUT2D eigenvalue weighted by atomic mass is 79.9.